The average molecular weight is 467 g/mol. The van der Waals surface area contributed by atoms with Crippen molar-refractivity contribution in [3.63, 3.8) is 0 Å². The van der Waals surface area contributed by atoms with Gasteiger partial charge in [-0.05, 0) is 47.4 Å². The van der Waals surface area contributed by atoms with E-state index in [9.17, 15) is 9.90 Å². The van der Waals surface area contributed by atoms with Crippen LogP contribution in [-0.2, 0) is 30.1 Å². The predicted octanol–water partition coefficient (Wildman–Crippen LogP) is 5.45. The van der Waals surface area contributed by atoms with E-state index in [2.05, 4.69) is 48.2 Å². The Labute approximate surface area is 205 Å². The first-order valence-corrected chi connectivity index (χ1v) is 12.1. The minimum atomic E-state index is -0.723. The minimum absolute atomic E-state index is 0.536. The topological polar surface area (TPSA) is 80.9 Å². The Balaban J connectivity index is 1.36. The van der Waals surface area contributed by atoms with Crippen LogP contribution >= 0.6 is 0 Å². The maximum atomic E-state index is 11.6. The van der Waals surface area contributed by atoms with Crippen LogP contribution in [0.25, 0.3) is 22.3 Å². The van der Waals surface area contributed by atoms with Crippen molar-refractivity contribution >= 4 is 5.97 Å². The first-order valence-electron chi connectivity index (χ1n) is 12.1. The number of aryl methyl sites for hydroxylation is 1. The van der Waals surface area contributed by atoms with E-state index in [0.717, 1.165) is 64.2 Å². The summed E-state index contributed by atoms with van der Waals surface area (Å²) in [6.07, 6.45) is 8.62. The molecule has 1 saturated carbocycles. The highest BCUT2D eigenvalue weighted by Crippen LogP contribution is 2.48. The number of hydrogen-bond donors (Lipinski definition) is 1. The molecule has 178 valence electrons. The first-order chi connectivity index (χ1) is 16.9. The summed E-state index contributed by atoms with van der Waals surface area (Å²) in [5.41, 5.74) is 7.64. The van der Waals surface area contributed by atoms with Gasteiger partial charge in [-0.25, -0.2) is 0 Å². The summed E-state index contributed by atoms with van der Waals surface area (Å²) < 4.78 is 1.91. The smallest absolute Gasteiger partial charge is 0.314 e. The Morgan fingerprint density at radius 3 is 2.14 bits per heavy atom. The Kier molecular flexibility index (Phi) is 5.97. The van der Waals surface area contributed by atoms with Crippen LogP contribution in [0.15, 0.2) is 67.1 Å². The predicted molar refractivity (Wildman–Crippen MR) is 136 cm³/mol. The highest BCUT2D eigenvalue weighted by Gasteiger charge is 2.51. The second kappa shape index (κ2) is 9.10. The normalized spacial score (nSPS) is 14.3. The van der Waals surface area contributed by atoms with Gasteiger partial charge < -0.3 is 5.11 Å². The fourth-order valence-electron chi connectivity index (χ4n) is 4.71. The molecule has 1 N–H and O–H groups in total. The van der Waals surface area contributed by atoms with Gasteiger partial charge in [0, 0.05) is 31.4 Å². The molecule has 0 aliphatic heterocycles. The molecule has 5 rings (SSSR count). The number of carboxylic acids is 1. The van der Waals surface area contributed by atoms with E-state index in [1.54, 1.807) is 0 Å². The van der Waals surface area contributed by atoms with Crippen molar-refractivity contribution in [2.75, 3.05) is 0 Å². The number of nitrogens with zero attached hydrogens (tertiary/aromatic N) is 4. The van der Waals surface area contributed by atoms with Crippen molar-refractivity contribution in [3.8, 4) is 22.3 Å². The zero-order valence-corrected chi connectivity index (χ0v) is 20.4. The molecule has 0 saturated heterocycles. The monoisotopic (exact) mass is 466 g/mol. The minimum Gasteiger partial charge on any atom is -0.481 e. The number of carboxylic acid groups (broad SMARTS) is 1. The van der Waals surface area contributed by atoms with E-state index in [-0.39, 0.29) is 0 Å². The summed E-state index contributed by atoms with van der Waals surface area (Å²) in [5, 5.41) is 14.0. The van der Waals surface area contributed by atoms with Crippen LogP contribution in [0.1, 0.15) is 49.3 Å². The molecule has 4 aromatic rings. The summed E-state index contributed by atoms with van der Waals surface area (Å²) >= 11 is 0. The molecule has 6 heteroatoms. The van der Waals surface area contributed by atoms with Gasteiger partial charge in [-0.2, -0.15) is 5.10 Å². The Morgan fingerprint density at radius 1 is 0.943 bits per heavy atom. The third kappa shape index (κ3) is 4.61. The summed E-state index contributed by atoms with van der Waals surface area (Å²) in [6, 6.07) is 16.4. The zero-order valence-electron chi connectivity index (χ0n) is 20.4. The van der Waals surface area contributed by atoms with Crippen molar-refractivity contribution in [2.24, 2.45) is 13.0 Å². The van der Waals surface area contributed by atoms with E-state index < -0.39 is 11.4 Å². The van der Waals surface area contributed by atoms with E-state index in [1.165, 1.54) is 0 Å². The molecule has 2 heterocycles. The number of rotatable bonds is 8. The second-order valence-electron chi connectivity index (χ2n) is 9.95. The lowest BCUT2D eigenvalue weighted by atomic mass is 9.93. The molecule has 0 spiro atoms. The van der Waals surface area contributed by atoms with Gasteiger partial charge in [0.2, 0.25) is 0 Å². The lowest BCUT2D eigenvalue weighted by Gasteiger charge is -2.11. The molecule has 0 amide bonds. The number of carbonyl (C=O) groups is 1. The van der Waals surface area contributed by atoms with Crippen molar-refractivity contribution in [1.82, 2.24) is 19.7 Å². The number of hydrogen-bond acceptors (Lipinski definition) is 4. The number of aliphatic carboxylic acids is 1. The Hall–Kier alpha value is -3.80. The molecule has 2 aromatic carbocycles. The molecular formula is C29H30N4O2. The van der Waals surface area contributed by atoms with Gasteiger partial charge in [-0.15, -0.1) is 0 Å². The molecule has 6 nitrogen and oxygen atoms in total. The maximum absolute atomic E-state index is 11.6. The SMILES string of the molecule is CC(C)Cc1cncc(Cc2c(-c3ccc(-c4ccc(C5(C(=O)O)CC5)cc4)cc3)cnn2C)n1. The molecule has 2 aromatic heterocycles. The van der Waals surface area contributed by atoms with E-state index >= 15 is 0 Å². The average Bonchev–Trinajstić information content (AvgIpc) is 3.59. The van der Waals surface area contributed by atoms with Crippen LogP contribution in [0.3, 0.4) is 0 Å². The Bertz CT molecular complexity index is 1350. The van der Waals surface area contributed by atoms with Gasteiger partial charge in [-0.1, -0.05) is 62.4 Å². The fourth-order valence-corrected chi connectivity index (χ4v) is 4.71. The van der Waals surface area contributed by atoms with Crippen LogP contribution in [-0.4, -0.2) is 30.8 Å². The van der Waals surface area contributed by atoms with Gasteiger partial charge in [0.05, 0.1) is 28.7 Å². The second-order valence-corrected chi connectivity index (χ2v) is 9.95. The molecule has 1 aliphatic rings. The van der Waals surface area contributed by atoms with Crippen molar-refractivity contribution in [2.45, 2.75) is 44.9 Å². The first kappa shape index (κ1) is 23.0. The van der Waals surface area contributed by atoms with Crippen LogP contribution < -0.4 is 0 Å². The lowest BCUT2D eigenvalue weighted by molar-refractivity contribution is -0.140. The van der Waals surface area contributed by atoms with Crippen molar-refractivity contribution < 1.29 is 9.90 Å². The number of benzene rings is 2. The van der Waals surface area contributed by atoms with Crippen molar-refractivity contribution in [3.05, 3.63) is 89.8 Å². The fraction of sp³-hybridized carbons (Fsp3) is 0.310. The summed E-state index contributed by atoms with van der Waals surface area (Å²) in [5.74, 6) is -0.187. The van der Waals surface area contributed by atoms with Gasteiger partial charge in [0.1, 0.15) is 0 Å². The van der Waals surface area contributed by atoms with E-state index in [1.807, 2.05) is 54.6 Å². The molecule has 35 heavy (non-hydrogen) atoms. The molecule has 0 atom stereocenters. The van der Waals surface area contributed by atoms with Gasteiger partial charge in [-0.3, -0.25) is 19.4 Å². The third-order valence-electron chi connectivity index (χ3n) is 6.89. The standard InChI is InChI=1S/C29H30N4O2/c1-19(2)14-24-16-30-17-25(32-24)15-27-26(18-31-33(27)3)22-6-4-20(5-7-22)21-8-10-23(11-9-21)29(12-13-29)28(34)35/h4-11,16-19H,12-15H2,1-3H3,(H,34,35). The number of aromatic nitrogens is 4. The van der Waals surface area contributed by atoms with Gasteiger partial charge in [0.25, 0.3) is 0 Å². The highest BCUT2D eigenvalue weighted by atomic mass is 16.4. The van der Waals surface area contributed by atoms with Crippen LogP contribution in [0.2, 0.25) is 0 Å². The van der Waals surface area contributed by atoms with Gasteiger partial charge in [0.15, 0.2) is 0 Å². The highest BCUT2D eigenvalue weighted by molar-refractivity contribution is 5.85. The molecule has 0 unspecified atom stereocenters. The maximum Gasteiger partial charge on any atom is 0.314 e. The van der Waals surface area contributed by atoms with Crippen LogP contribution in [0, 0.1) is 5.92 Å². The molecule has 0 bridgehead atoms. The molecule has 1 aliphatic carbocycles. The third-order valence-corrected chi connectivity index (χ3v) is 6.89. The molecular weight excluding hydrogens is 436 g/mol. The van der Waals surface area contributed by atoms with Crippen LogP contribution in [0.5, 0.6) is 0 Å². The van der Waals surface area contributed by atoms with E-state index in [4.69, 9.17) is 4.98 Å². The summed E-state index contributed by atoms with van der Waals surface area (Å²) in [7, 11) is 1.96. The summed E-state index contributed by atoms with van der Waals surface area (Å²) in [4.78, 5) is 20.8. The largest absolute Gasteiger partial charge is 0.481 e. The Morgan fingerprint density at radius 2 is 1.54 bits per heavy atom. The molecule has 1 fully saturated rings. The van der Waals surface area contributed by atoms with Gasteiger partial charge >= 0.3 is 5.97 Å². The lowest BCUT2D eigenvalue weighted by Crippen LogP contribution is -2.19. The molecule has 0 radical (unpaired) electrons. The zero-order chi connectivity index (χ0) is 24.6. The quantitative estimate of drug-likeness (QED) is 0.373. The summed E-state index contributed by atoms with van der Waals surface area (Å²) in [6.45, 7) is 4.37. The van der Waals surface area contributed by atoms with Crippen LogP contribution in [0.4, 0.5) is 0 Å². The van der Waals surface area contributed by atoms with Crippen molar-refractivity contribution in [1.29, 1.82) is 0 Å². The van der Waals surface area contributed by atoms with E-state index in [0.29, 0.717) is 12.3 Å².